The van der Waals surface area contributed by atoms with Crippen LogP contribution in [-0.4, -0.2) is 65.9 Å². The molecule has 0 aliphatic carbocycles. The number of nitrogens with one attached hydrogen (secondary N) is 3. The average Bonchev–Trinajstić information content (AvgIpc) is 3.02. The average molecular weight is 355 g/mol. The molecule has 136 valence electrons. The van der Waals surface area contributed by atoms with Crippen LogP contribution in [0.3, 0.4) is 0 Å². The second kappa shape index (κ2) is 7.01. The van der Waals surface area contributed by atoms with Gasteiger partial charge in [0, 0.05) is 38.1 Å². The van der Waals surface area contributed by atoms with Crippen molar-refractivity contribution in [2.75, 3.05) is 32.7 Å². The lowest BCUT2D eigenvalue weighted by Crippen LogP contribution is -2.57. The predicted molar refractivity (Wildman–Crippen MR) is 87.4 cm³/mol. The normalized spacial score (nSPS) is 17.6. The Bertz CT molecular complexity index is 752. The van der Waals surface area contributed by atoms with Crippen molar-refractivity contribution < 1.29 is 18.0 Å². The van der Waals surface area contributed by atoms with Crippen LogP contribution in [0.25, 0.3) is 10.9 Å². The largest absolute Gasteiger partial charge is 0.405 e. The number of benzene rings is 1. The highest BCUT2D eigenvalue weighted by molar-refractivity contribution is 6.05. The van der Waals surface area contributed by atoms with E-state index in [1.807, 2.05) is 13.0 Å². The molecular formula is C16H20F3N5O. The number of carbonyl (C=O) groups excluding carboxylic acids is 1. The molecule has 3 rings (SSSR count). The molecule has 25 heavy (non-hydrogen) atoms. The molecule has 1 aromatic carbocycles. The lowest BCUT2D eigenvalue weighted by molar-refractivity contribution is -0.183. The van der Waals surface area contributed by atoms with Gasteiger partial charge in [0.2, 0.25) is 0 Å². The van der Waals surface area contributed by atoms with Gasteiger partial charge in [-0.25, -0.2) is 0 Å². The van der Waals surface area contributed by atoms with Crippen LogP contribution in [0.15, 0.2) is 18.3 Å². The maximum atomic E-state index is 13.4. The van der Waals surface area contributed by atoms with Crippen molar-refractivity contribution in [2.24, 2.45) is 0 Å². The Balaban J connectivity index is 1.75. The number of hydrogen-bond acceptors (Lipinski definition) is 4. The molecule has 1 aromatic heterocycles. The van der Waals surface area contributed by atoms with E-state index in [-0.39, 0.29) is 0 Å². The van der Waals surface area contributed by atoms with Gasteiger partial charge in [-0.05, 0) is 24.6 Å². The second-order valence-corrected chi connectivity index (χ2v) is 6.20. The Morgan fingerprint density at radius 3 is 2.76 bits per heavy atom. The summed E-state index contributed by atoms with van der Waals surface area (Å²) in [5, 5.41) is 12.8. The lowest BCUT2D eigenvalue weighted by atomic mass is 10.1. The van der Waals surface area contributed by atoms with E-state index >= 15 is 0 Å². The number of hydrogen-bond donors (Lipinski definition) is 3. The van der Waals surface area contributed by atoms with Crippen molar-refractivity contribution in [3.05, 3.63) is 29.5 Å². The summed E-state index contributed by atoms with van der Waals surface area (Å²) in [4.78, 5) is 13.8. The van der Waals surface area contributed by atoms with Crippen molar-refractivity contribution in [1.29, 1.82) is 0 Å². The van der Waals surface area contributed by atoms with Crippen LogP contribution in [0.5, 0.6) is 0 Å². The number of H-pyrrole nitrogens is 1. The Labute approximate surface area is 142 Å². The third-order valence-electron chi connectivity index (χ3n) is 4.36. The molecule has 1 aliphatic rings. The fourth-order valence-electron chi connectivity index (χ4n) is 3.12. The van der Waals surface area contributed by atoms with Crippen molar-refractivity contribution in [3.63, 3.8) is 0 Å². The number of aromatic nitrogens is 2. The monoisotopic (exact) mass is 355 g/mol. The topological polar surface area (TPSA) is 73.1 Å². The molecule has 1 aliphatic heterocycles. The summed E-state index contributed by atoms with van der Waals surface area (Å²) in [5.41, 5.74) is 1.66. The molecule has 0 saturated carbocycles. The Kier molecular flexibility index (Phi) is 4.96. The van der Waals surface area contributed by atoms with Crippen LogP contribution in [0.1, 0.15) is 15.9 Å². The number of aromatic amines is 1. The smallest absolute Gasteiger partial charge is 0.350 e. The molecule has 0 radical (unpaired) electrons. The minimum atomic E-state index is -4.40. The van der Waals surface area contributed by atoms with Gasteiger partial charge >= 0.3 is 6.18 Å². The van der Waals surface area contributed by atoms with E-state index in [1.165, 1.54) is 4.90 Å². The number of rotatable bonds is 4. The second-order valence-electron chi connectivity index (χ2n) is 6.20. The predicted octanol–water partition coefficient (Wildman–Crippen LogP) is 1.44. The van der Waals surface area contributed by atoms with Gasteiger partial charge in [0.25, 0.3) is 5.91 Å². The maximum Gasteiger partial charge on any atom is 0.405 e. The molecular weight excluding hydrogens is 335 g/mol. The van der Waals surface area contributed by atoms with Gasteiger partial charge in [0.15, 0.2) is 0 Å². The van der Waals surface area contributed by atoms with E-state index < -0.39 is 24.7 Å². The number of carbonyl (C=O) groups is 1. The number of nitrogens with zero attached hydrogens (tertiary/aromatic N) is 2. The van der Waals surface area contributed by atoms with E-state index in [9.17, 15) is 18.0 Å². The van der Waals surface area contributed by atoms with Gasteiger partial charge in [-0.15, -0.1) is 0 Å². The molecule has 1 atom stereocenters. The first-order valence-corrected chi connectivity index (χ1v) is 8.09. The molecule has 1 amide bonds. The quantitative estimate of drug-likeness (QED) is 0.776. The minimum Gasteiger partial charge on any atom is -0.350 e. The zero-order valence-corrected chi connectivity index (χ0v) is 13.8. The summed E-state index contributed by atoms with van der Waals surface area (Å²) < 4.78 is 40.2. The standard InChI is InChI=1S/C16H20F3N5O/c1-10-6-11-8-22-23-14(11)12(7-10)15(25)21-9-13(16(17,18)19)24-4-2-20-3-5-24/h6-8,13,20H,2-5,9H2,1H3,(H,21,25)(H,22,23). The van der Waals surface area contributed by atoms with Crippen LogP contribution in [0, 0.1) is 6.92 Å². The van der Waals surface area contributed by atoms with E-state index in [2.05, 4.69) is 20.8 Å². The summed E-state index contributed by atoms with van der Waals surface area (Å²) >= 11 is 0. The Morgan fingerprint density at radius 2 is 2.08 bits per heavy atom. The zero-order valence-electron chi connectivity index (χ0n) is 13.8. The van der Waals surface area contributed by atoms with Gasteiger partial charge in [-0.1, -0.05) is 0 Å². The highest BCUT2D eigenvalue weighted by Crippen LogP contribution is 2.25. The van der Waals surface area contributed by atoms with E-state index in [1.54, 1.807) is 12.3 Å². The van der Waals surface area contributed by atoms with Crippen molar-refractivity contribution in [1.82, 2.24) is 25.7 Å². The highest BCUT2D eigenvalue weighted by atomic mass is 19.4. The summed E-state index contributed by atoms with van der Waals surface area (Å²) in [6.07, 6.45) is -2.82. The number of fused-ring (bicyclic) bond motifs is 1. The van der Waals surface area contributed by atoms with Crippen LogP contribution >= 0.6 is 0 Å². The first kappa shape index (κ1) is 17.7. The molecule has 6 nitrogen and oxygen atoms in total. The summed E-state index contributed by atoms with van der Waals surface area (Å²) in [6.45, 7) is 2.96. The van der Waals surface area contributed by atoms with Gasteiger partial charge in [-0.3, -0.25) is 14.8 Å². The number of piperazine rings is 1. The fourth-order valence-corrected chi connectivity index (χ4v) is 3.12. The molecule has 1 saturated heterocycles. The summed E-state index contributed by atoms with van der Waals surface area (Å²) in [6, 6.07) is 1.80. The fraction of sp³-hybridized carbons (Fsp3) is 0.500. The van der Waals surface area contributed by atoms with Gasteiger partial charge < -0.3 is 10.6 Å². The molecule has 2 aromatic rings. The molecule has 9 heteroatoms. The molecule has 0 bridgehead atoms. The first-order chi connectivity index (χ1) is 11.9. The third kappa shape index (κ3) is 3.93. The van der Waals surface area contributed by atoms with Gasteiger partial charge in [0.05, 0.1) is 17.3 Å². The van der Waals surface area contributed by atoms with Crippen LogP contribution in [0.2, 0.25) is 0 Å². The zero-order chi connectivity index (χ0) is 18.0. The summed E-state index contributed by atoms with van der Waals surface area (Å²) in [5.74, 6) is -0.540. The van der Waals surface area contributed by atoms with E-state index in [0.29, 0.717) is 37.3 Å². The first-order valence-electron chi connectivity index (χ1n) is 8.09. The minimum absolute atomic E-state index is 0.300. The summed E-state index contributed by atoms with van der Waals surface area (Å²) in [7, 11) is 0. The van der Waals surface area contributed by atoms with Crippen molar-refractivity contribution in [3.8, 4) is 0 Å². The number of aryl methyl sites for hydroxylation is 1. The number of amides is 1. The van der Waals surface area contributed by atoms with Crippen LogP contribution < -0.4 is 10.6 Å². The van der Waals surface area contributed by atoms with Crippen molar-refractivity contribution >= 4 is 16.8 Å². The highest BCUT2D eigenvalue weighted by Gasteiger charge is 2.43. The molecule has 1 unspecified atom stereocenters. The SMILES string of the molecule is Cc1cc(C(=O)NCC(N2CCNCC2)C(F)(F)F)c2[nH]ncc2c1. The van der Waals surface area contributed by atoms with Crippen LogP contribution in [-0.2, 0) is 0 Å². The Morgan fingerprint density at radius 1 is 1.36 bits per heavy atom. The number of alkyl halides is 3. The molecule has 2 heterocycles. The van der Waals surface area contributed by atoms with Crippen LogP contribution in [0.4, 0.5) is 13.2 Å². The van der Waals surface area contributed by atoms with E-state index in [4.69, 9.17) is 0 Å². The molecule has 3 N–H and O–H groups in total. The van der Waals surface area contributed by atoms with Gasteiger partial charge in [-0.2, -0.15) is 18.3 Å². The maximum absolute atomic E-state index is 13.4. The van der Waals surface area contributed by atoms with Crippen molar-refractivity contribution in [2.45, 2.75) is 19.1 Å². The lowest BCUT2D eigenvalue weighted by Gasteiger charge is -2.35. The van der Waals surface area contributed by atoms with E-state index in [0.717, 1.165) is 10.9 Å². The molecule has 1 fully saturated rings. The Hall–Kier alpha value is -2.13. The third-order valence-corrected chi connectivity index (χ3v) is 4.36. The number of halogens is 3. The van der Waals surface area contributed by atoms with Gasteiger partial charge in [0.1, 0.15) is 6.04 Å². The molecule has 0 spiro atoms.